The minimum Gasteiger partial charge on any atom is -0.367 e. The maximum Gasteiger partial charge on any atom is 0.411 e. The van der Waals surface area contributed by atoms with Gasteiger partial charge in [-0.05, 0) is 35.4 Å². The van der Waals surface area contributed by atoms with E-state index in [0.717, 1.165) is 5.56 Å². The highest BCUT2D eigenvalue weighted by atomic mass is 19.4. The summed E-state index contributed by atoms with van der Waals surface area (Å²) in [6.45, 7) is -1.20. The van der Waals surface area contributed by atoms with E-state index in [1.54, 1.807) is 41.2 Å². The van der Waals surface area contributed by atoms with Crippen LogP contribution < -0.4 is 5.32 Å². The van der Waals surface area contributed by atoms with Gasteiger partial charge in [-0.25, -0.2) is 4.39 Å². The molecule has 0 aliphatic carbocycles. The summed E-state index contributed by atoms with van der Waals surface area (Å²) in [6.07, 6.45) is -1.31. The van der Waals surface area contributed by atoms with Gasteiger partial charge in [0.15, 0.2) is 0 Å². The topological polar surface area (TPSA) is 56.2 Å². The number of rotatable bonds is 7. The van der Waals surface area contributed by atoms with Gasteiger partial charge in [0, 0.05) is 11.8 Å². The number of nitrogens with zero attached hydrogens (tertiary/aromatic N) is 2. The van der Waals surface area contributed by atoms with Crippen molar-refractivity contribution in [3.8, 4) is 0 Å². The van der Waals surface area contributed by atoms with Crippen molar-refractivity contribution in [2.75, 3.05) is 11.9 Å². The molecule has 0 atom stereocenters. The van der Waals surface area contributed by atoms with E-state index in [1.807, 2.05) is 0 Å². The number of halogens is 4. The number of carbonyl (C=O) groups excluding carboxylic acids is 1. The number of nitrogens with one attached hydrogen (secondary N) is 1. The fourth-order valence-corrected chi connectivity index (χ4v) is 2.58. The first-order chi connectivity index (χ1) is 13.8. The molecule has 0 spiro atoms. The molecule has 2 aromatic carbocycles. The Balaban J connectivity index is 1.58. The highest BCUT2D eigenvalue weighted by Gasteiger charge is 2.27. The van der Waals surface area contributed by atoms with E-state index in [0.29, 0.717) is 17.8 Å². The second-order valence-corrected chi connectivity index (χ2v) is 6.32. The molecule has 0 radical (unpaired) electrons. The van der Waals surface area contributed by atoms with E-state index in [-0.39, 0.29) is 18.0 Å². The monoisotopic (exact) mass is 407 g/mol. The van der Waals surface area contributed by atoms with Gasteiger partial charge < -0.3 is 10.1 Å². The van der Waals surface area contributed by atoms with Crippen LogP contribution in [0.3, 0.4) is 0 Å². The van der Waals surface area contributed by atoms with Crippen molar-refractivity contribution in [3.05, 3.63) is 83.4 Å². The van der Waals surface area contributed by atoms with Crippen molar-refractivity contribution in [2.45, 2.75) is 19.3 Å². The third-order valence-electron chi connectivity index (χ3n) is 3.87. The average Bonchev–Trinajstić information content (AvgIpc) is 3.09. The number of amides is 1. The molecule has 1 N–H and O–H groups in total. The highest BCUT2D eigenvalue weighted by Crippen LogP contribution is 2.16. The summed E-state index contributed by atoms with van der Waals surface area (Å²) < 4.78 is 55.6. The number of carbonyl (C=O) groups is 1. The Kier molecular flexibility index (Phi) is 6.28. The van der Waals surface area contributed by atoms with E-state index < -0.39 is 18.7 Å². The Bertz CT molecular complexity index is 968. The first-order valence-electron chi connectivity index (χ1n) is 8.60. The molecule has 5 nitrogen and oxygen atoms in total. The van der Waals surface area contributed by atoms with Gasteiger partial charge in [0.05, 0.1) is 25.0 Å². The van der Waals surface area contributed by atoms with E-state index in [4.69, 9.17) is 0 Å². The summed E-state index contributed by atoms with van der Waals surface area (Å²) in [5, 5.41) is 6.82. The molecule has 9 heteroatoms. The zero-order valence-corrected chi connectivity index (χ0v) is 15.1. The molecule has 1 heterocycles. The molecule has 152 valence electrons. The number of anilines is 1. The lowest BCUT2D eigenvalue weighted by Gasteiger charge is -2.09. The lowest BCUT2D eigenvalue weighted by Crippen LogP contribution is -2.17. The maximum atomic E-state index is 13.0. The van der Waals surface area contributed by atoms with Crippen molar-refractivity contribution in [1.29, 1.82) is 0 Å². The number of aromatic nitrogens is 2. The Morgan fingerprint density at radius 1 is 1.10 bits per heavy atom. The minimum absolute atomic E-state index is 0.254. The van der Waals surface area contributed by atoms with Gasteiger partial charge in [-0.2, -0.15) is 18.3 Å². The molecule has 0 aliphatic rings. The molecule has 1 aromatic heterocycles. The molecule has 0 aliphatic heterocycles. The Morgan fingerprint density at radius 2 is 1.86 bits per heavy atom. The third kappa shape index (κ3) is 6.42. The summed E-state index contributed by atoms with van der Waals surface area (Å²) in [4.78, 5) is 12.4. The normalized spacial score (nSPS) is 11.4. The fourth-order valence-electron chi connectivity index (χ4n) is 2.58. The van der Waals surface area contributed by atoms with Crippen LogP contribution in [0.25, 0.3) is 0 Å². The van der Waals surface area contributed by atoms with Gasteiger partial charge in [-0.1, -0.05) is 24.3 Å². The van der Waals surface area contributed by atoms with E-state index in [9.17, 15) is 22.4 Å². The third-order valence-corrected chi connectivity index (χ3v) is 3.87. The zero-order chi connectivity index (χ0) is 20.9. The molecule has 3 aromatic rings. The molecule has 3 rings (SSSR count). The van der Waals surface area contributed by atoms with Crippen molar-refractivity contribution < 1.29 is 27.1 Å². The van der Waals surface area contributed by atoms with Crippen molar-refractivity contribution >= 4 is 11.6 Å². The summed E-state index contributed by atoms with van der Waals surface area (Å²) >= 11 is 0. The number of ether oxygens (including phenoxy) is 1. The van der Waals surface area contributed by atoms with Crippen LogP contribution in [0.15, 0.2) is 60.9 Å². The molecule has 0 unspecified atom stereocenters. The fraction of sp³-hybridized carbons (Fsp3) is 0.200. The van der Waals surface area contributed by atoms with Crippen LogP contribution in [0.2, 0.25) is 0 Å². The van der Waals surface area contributed by atoms with E-state index in [2.05, 4.69) is 15.2 Å². The first kappa shape index (κ1) is 20.5. The predicted molar refractivity (Wildman–Crippen MR) is 97.8 cm³/mol. The van der Waals surface area contributed by atoms with Crippen LogP contribution in [-0.2, 0) is 17.9 Å². The van der Waals surface area contributed by atoms with Crippen molar-refractivity contribution in [1.82, 2.24) is 9.78 Å². The van der Waals surface area contributed by atoms with Crippen LogP contribution in [0.5, 0.6) is 0 Å². The van der Waals surface area contributed by atoms with Gasteiger partial charge in [0.2, 0.25) is 0 Å². The van der Waals surface area contributed by atoms with E-state index in [1.165, 1.54) is 24.4 Å². The number of hydrogen-bond donors (Lipinski definition) is 1. The van der Waals surface area contributed by atoms with Crippen LogP contribution in [0, 0.1) is 5.82 Å². The van der Waals surface area contributed by atoms with Crippen LogP contribution in [-0.4, -0.2) is 28.5 Å². The largest absolute Gasteiger partial charge is 0.411 e. The van der Waals surface area contributed by atoms with Gasteiger partial charge in [-0.3, -0.25) is 9.48 Å². The van der Waals surface area contributed by atoms with Crippen LogP contribution >= 0.6 is 0 Å². The molecular weight excluding hydrogens is 390 g/mol. The van der Waals surface area contributed by atoms with Gasteiger partial charge in [0.1, 0.15) is 12.4 Å². The van der Waals surface area contributed by atoms with Gasteiger partial charge in [0.25, 0.3) is 5.91 Å². The number of hydrogen-bond acceptors (Lipinski definition) is 3. The number of alkyl halides is 3. The summed E-state index contributed by atoms with van der Waals surface area (Å²) in [5.41, 5.74) is 2.04. The van der Waals surface area contributed by atoms with Crippen molar-refractivity contribution in [2.24, 2.45) is 0 Å². The SMILES string of the molecule is O=C(Nc1cnn(Cc2ccc(F)cc2)c1)c1cccc(COCC(F)(F)F)c1. The standard InChI is InChI=1S/C20H17F4N3O2/c21-17-6-4-14(5-7-17)10-27-11-18(9-25-27)26-19(28)16-3-1-2-15(8-16)12-29-13-20(22,23)24/h1-9,11H,10,12-13H2,(H,26,28). The molecule has 0 saturated carbocycles. The second kappa shape index (κ2) is 8.87. The quantitative estimate of drug-likeness (QED) is 0.591. The molecular formula is C20H17F4N3O2. The van der Waals surface area contributed by atoms with E-state index >= 15 is 0 Å². The average molecular weight is 407 g/mol. The van der Waals surface area contributed by atoms with Crippen molar-refractivity contribution in [3.63, 3.8) is 0 Å². The zero-order valence-electron chi connectivity index (χ0n) is 15.1. The van der Waals surface area contributed by atoms with Gasteiger partial charge >= 0.3 is 6.18 Å². The lowest BCUT2D eigenvalue weighted by molar-refractivity contribution is -0.176. The van der Waals surface area contributed by atoms with Crippen LogP contribution in [0.1, 0.15) is 21.5 Å². The van der Waals surface area contributed by atoms with Crippen LogP contribution in [0.4, 0.5) is 23.2 Å². The Hall–Kier alpha value is -3.20. The summed E-state index contributed by atoms with van der Waals surface area (Å²) in [6, 6.07) is 12.1. The first-order valence-corrected chi connectivity index (χ1v) is 8.60. The smallest absolute Gasteiger partial charge is 0.367 e. The summed E-state index contributed by atoms with van der Waals surface area (Å²) in [7, 11) is 0. The second-order valence-electron chi connectivity index (χ2n) is 6.32. The molecule has 1 amide bonds. The molecule has 29 heavy (non-hydrogen) atoms. The predicted octanol–water partition coefficient (Wildman–Crippen LogP) is 4.40. The molecule has 0 fully saturated rings. The van der Waals surface area contributed by atoms with Gasteiger partial charge in [-0.15, -0.1) is 0 Å². The highest BCUT2D eigenvalue weighted by molar-refractivity contribution is 6.04. The maximum absolute atomic E-state index is 13.0. The lowest BCUT2D eigenvalue weighted by atomic mass is 10.1. The Morgan fingerprint density at radius 3 is 2.59 bits per heavy atom. The number of benzene rings is 2. The summed E-state index contributed by atoms with van der Waals surface area (Å²) in [5.74, 6) is -0.753. The molecule has 0 bridgehead atoms. The molecule has 0 saturated heterocycles. The minimum atomic E-state index is -4.40. The Labute approximate surface area is 163 Å².